The second-order valence-corrected chi connectivity index (χ2v) is 6.11. The molecular formula is C21H17NO2. The average Bonchev–Trinajstić information content (AvgIpc) is 2.96. The fraction of sp³-hybridized carbons (Fsp3) is 0.143. The van der Waals surface area contributed by atoms with Crippen molar-refractivity contribution in [3.05, 3.63) is 77.9 Å². The van der Waals surface area contributed by atoms with Gasteiger partial charge < -0.3 is 14.8 Å². The number of benzene rings is 3. The summed E-state index contributed by atoms with van der Waals surface area (Å²) >= 11 is 0. The first-order valence-corrected chi connectivity index (χ1v) is 8.24. The van der Waals surface area contributed by atoms with Crippen molar-refractivity contribution < 1.29 is 9.47 Å². The molecule has 3 nitrogen and oxygen atoms in total. The summed E-state index contributed by atoms with van der Waals surface area (Å²) < 4.78 is 11.3. The molecule has 0 atom stereocenters. The lowest BCUT2D eigenvalue weighted by Gasteiger charge is -2.21. The molecule has 0 aromatic heterocycles. The minimum Gasteiger partial charge on any atom is -0.486 e. The quantitative estimate of drug-likeness (QED) is 0.747. The Morgan fingerprint density at radius 1 is 0.708 bits per heavy atom. The molecule has 1 aliphatic carbocycles. The summed E-state index contributed by atoms with van der Waals surface area (Å²) in [4.78, 5) is 0. The number of hydrogen-bond acceptors (Lipinski definition) is 3. The van der Waals surface area contributed by atoms with Crippen molar-refractivity contribution >= 4 is 5.69 Å². The van der Waals surface area contributed by atoms with Crippen molar-refractivity contribution in [3.63, 3.8) is 0 Å². The molecule has 2 aliphatic rings. The van der Waals surface area contributed by atoms with E-state index in [4.69, 9.17) is 9.47 Å². The predicted octanol–water partition coefficient (Wildman–Crippen LogP) is 4.64. The van der Waals surface area contributed by atoms with E-state index in [1.54, 1.807) is 0 Å². The Balaban J connectivity index is 1.55. The van der Waals surface area contributed by atoms with Crippen molar-refractivity contribution in [3.8, 4) is 22.6 Å². The van der Waals surface area contributed by atoms with Gasteiger partial charge >= 0.3 is 0 Å². The van der Waals surface area contributed by atoms with Crippen LogP contribution < -0.4 is 14.8 Å². The van der Waals surface area contributed by atoms with E-state index in [2.05, 4.69) is 59.9 Å². The molecule has 1 heterocycles. The van der Waals surface area contributed by atoms with E-state index < -0.39 is 0 Å². The van der Waals surface area contributed by atoms with E-state index in [1.165, 1.54) is 22.3 Å². The fourth-order valence-corrected chi connectivity index (χ4v) is 3.61. The first kappa shape index (κ1) is 13.5. The van der Waals surface area contributed by atoms with E-state index in [-0.39, 0.29) is 6.04 Å². The summed E-state index contributed by atoms with van der Waals surface area (Å²) in [6.07, 6.45) is 0. The molecule has 3 aromatic carbocycles. The van der Waals surface area contributed by atoms with Gasteiger partial charge in [-0.05, 0) is 34.4 Å². The number of rotatable bonds is 2. The van der Waals surface area contributed by atoms with E-state index in [1.807, 2.05) is 12.1 Å². The molecule has 1 N–H and O–H groups in total. The van der Waals surface area contributed by atoms with Crippen LogP contribution in [0.5, 0.6) is 11.5 Å². The van der Waals surface area contributed by atoms with Crippen LogP contribution in [0.25, 0.3) is 11.1 Å². The first-order chi connectivity index (χ1) is 11.9. The van der Waals surface area contributed by atoms with Gasteiger partial charge in [0.15, 0.2) is 11.5 Å². The van der Waals surface area contributed by atoms with Crippen LogP contribution in [0.15, 0.2) is 66.7 Å². The average molecular weight is 315 g/mol. The van der Waals surface area contributed by atoms with Crippen molar-refractivity contribution in [2.45, 2.75) is 6.04 Å². The minimum atomic E-state index is 0.153. The molecule has 0 amide bonds. The Hall–Kier alpha value is -2.94. The molecule has 3 aromatic rings. The molecule has 0 saturated heterocycles. The van der Waals surface area contributed by atoms with Gasteiger partial charge in [0, 0.05) is 11.8 Å². The highest BCUT2D eigenvalue weighted by atomic mass is 16.6. The Labute approximate surface area is 140 Å². The van der Waals surface area contributed by atoms with E-state index in [0.717, 1.165) is 17.2 Å². The first-order valence-electron chi connectivity index (χ1n) is 8.24. The molecule has 0 spiro atoms. The van der Waals surface area contributed by atoms with Gasteiger partial charge in [0.25, 0.3) is 0 Å². The van der Waals surface area contributed by atoms with Crippen LogP contribution in [0.1, 0.15) is 17.2 Å². The van der Waals surface area contributed by atoms with E-state index in [0.29, 0.717) is 13.2 Å². The molecule has 0 unspecified atom stereocenters. The molecule has 118 valence electrons. The number of ether oxygens (including phenoxy) is 2. The van der Waals surface area contributed by atoms with Gasteiger partial charge in [0.05, 0.1) is 6.04 Å². The smallest absolute Gasteiger partial charge is 0.163 e. The largest absolute Gasteiger partial charge is 0.486 e. The van der Waals surface area contributed by atoms with Crippen LogP contribution in [-0.2, 0) is 0 Å². The standard InChI is InChI=1S/C21H17NO2/c1-3-7-17-15(5-1)16-6-2-4-8-18(16)21(17)22-14-9-10-19-20(13-14)24-12-11-23-19/h1-10,13,21-22H,11-12H2. The zero-order valence-corrected chi connectivity index (χ0v) is 13.2. The van der Waals surface area contributed by atoms with Crippen LogP contribution in [0, 0.1) is 0 Å². The lowest BCUT2D eigenvalue weighted by atomic mass is 10.0. The normalized spacial score (nSPS) is 14.8. The summed E-state index contributed by atoms with van der Waals surface area (Å²) in [6, 6.07) is 23.4. The van der Waals surface area contributed by atoms with Crippen molar-refractivity contribution in [2.75, 3.05) is 18.5 Å². The van der Waals surface area contributed by atoms with Crippen LogP contribution in [0.2, 0.25) is 0 Å². The van der Waals surface area contributed by atoms with E-state index >= 15 is 0 Å². The lowest BCUT2D eigenvalue weighted by molar-refractivity contribution is 0.171. The highest BCUT2D eigenvalue weighted by Crippen LogP contribution is 2.45. The number of hydrogen-bond donors (Lipinski definition) is 1. The van der Waals surface area contributed by atoms with Gasteiger partial charge in [-0.2, -0.15) is 0 Å². The summed E-state index contributed by atoms with van der Waals surface area (Å²) in [5, 5.41) is 3.67. The SMILES string of the molecule is c1ccc2c(c1)-c1ccccc1C2Nc1ccc2c(c1)OCCO2. The Morgan fingerprint density at radius 2 is 1.33 bits per heavy atom. The second kappa shape index (κ2) is 5.31. The Morgan fingerprint density at radius 3 is 2.04 bits per heavy atom. The van der Waals surface area contributed by atoms with Crippen LogP contribution >= 0.6 is 0 Å². The lowest BCUT2D eigenvalue weighted by Crippen LogP contribution is -2.16. The van der Waals surface area contributed by atoms with Crippen LogP contribution in [-0.4, -0.2) is 13.2 Å². The molecule has 5 rings (SSSR count). The van der Waals surface area contributed by atoms with Gasteiger partial charge in [-0.25, -0.2) is 0 Å². The van der Waals surface area contributed by atoms with Crippen LogP contribution in [0.4, 0.5) is 5.69 Å². The third-order valence-electron chi connectivity index (χ3n) is 4.69. The maximum absolute atomic E-state index is 5.70. The molecular weight excluding hydrogens is 298 g/mol. The van der Waals surface area contributed by atoms with Crippen molar-refractivity contribution in [1.29, 1.82) is 0 Å². The monoisotopic (exact) mass is 315 g/mol. The highest BCUT2D eigenvalue weighted by Gasteiger charge is 2.28. The number of nitrogens with one attached hydrogen (secondary N) is 1. The van der Waals surface area contributed by atoms with Gasteiger partial charge in [0.1, 0.15) is 13.2 Å². The summed E-state index contributed by atoms with van der Waals surface area (Å²) in [6.45, 7) is 1.22. The van der Waals surface area contributed by atoms with Crippen molar-refractivity contribution in [2.24, 2.45) is 0 Å². The van der Waals surface area contributed by atoms with Gasteiger partial charge in [0.2, 0.25) is 0 Å². The molecule has 0 bridgehead atoms. The fourth-order valence-electron chi connectivity index (χ4n) is 3.61. The molecule has 24 heavy (non-hydrogen) atoms. The Bertz CT molecular complexity index is 874. The van der Waals surface area contributed by atoms with Crippen molar-refractivity contribution in [1.82, 2.24) is 0 Å². The zero-order valence-electron chi connectivity index (χ0n) is 13.2. The highest BCUT2D eigenvalue weighted by molar-refractivity contribution is 5.80. The third kappa shape index (κ3) is 2.05. The number of anilines is 1. The predicted molar refractivity (Wildman–Crippen MR) is 94.8 cm³/mol. The maximum atomic E-state index is 5.70. The zero-order chi connectivity index (χ0) is 15.9. The number of fused-ring (bicyclic) bond motifs is 4. The summed E-state index contributed by atoms with van der Waals surface area (Å²) in [7, 11) is 0. The molecule has 0 fully saturated rings. The topological polar surface area (TPSA) is 30.5 Å². The maximum Gasteiger partial charge on any atom is 0.163 e. The third-order valence-corrected chi connectivity index (χ3v) is 4.69. The minimum absolute atomic E-state index is 0.153. The van der Waals surface area contributed by atoms with Crippen LogP contribution in [0.3, 0.4) is 0 Å². The molecule has 3 heteroatoms. The Kier molecular flexibility index (Phi) is 2.98. The molecule has 0 radical (unpaired) electrons. The molecule has 1 aliphatic heterocycles. The second-order valence-electron chi connectivity index (χ2n) is 6.11. The van der Waals surface area contributed by atoms with E-state index in [9.17, 15) is 0 Å². The van der Waals surface area contributed by atoms with Gasteiger partial charge in [-0.1, -0.05) is 48.5 Å². The van der Waals surface area contributed by atoms with Gasteiger partial charge in [-0.3, -0.25) is 0 Å². The van der Waals surface area contributed by atoms with Gasteiger partial charge in [-0.15, -0.1) is 0 Å². The summed E-state index contributed by atoms with van der Waals surface area (Å²) in [5.74, 6) is 1.63. The molecule has 0 saturated carbocycles. The summed E-state index contributed by atoms with van der Waals surface area (Å²) in [5.41, 5.74) is 6.28.